The molecule has 0 bridgehead atoms. The number of fused-ring (bicyclic) bond motifs is 1. The predicted octanol–water partition coefficient (Wildman–Crippen LogP) is 2.65. The Morgan fingerprint density at radius 2 is 1.89 bits per heavy atom. The lowest BCUT2D eigenvalue weighted by atomic mass is 10.0. The third kappa shape index (κ3) is 3.69. The maximum Gasteiger partial charge on any atom is 0.343 e. The number of aldehydes is 1. The zero-order valence-electron chi connectivity index (χ0n) is 15.8. The number of esters is 1. The molecule has 1 heterocycles. The molecule has 0 spiro atoms. The van der Waals surface area contributed by atoms with Crippen molar-refractivity contribution in [2.75, 3.05) is 32.3 Å². The molecule has 1 amide bonds. The van der Waals surface area contributed by atoms with E-state index < -0.39 is 12.6 Å². The van der Waals surface area contributed by atoms with Crippen LogP contribution in [0.2, 0.25) is 0 Å². The molecular weight excluding hydrogens is 362 g/mol. The Hall–Kier alpha value is -3.35. The highest BCUT2D eigenvalue weighted by atomic mass is 16.5. The molecule has 7 heteroatoms. The normalized spacial score (nSPS) is 12.7. The maximum atomic E-state index is 12.7. The lowest BCUT2D eigenvalue weighted by Gasteiger charge is -2.29. The Balaban J connectivity index is 1.78. The minimum absolute atomic E-state index is 0.0660. The molecule has 2 aromatic rings. The van der Waals surface area contributed by atoms with Crippen molar-refractivity contribution in [3.63, 3.8) is 0 Å². The van der Waals surface area contributed by atoms with Crippen molar-refractivity contribution in [3.8, 4) is 11.5 Å². The third-order valence-corrected chi connectivity index (χ3v) is 4.65. The number of para-hydroxylation sites is 1. The fourth-order valence-electron chi connectivity index (χ4n) is 3.32. The first-order valence-corrected chi connectivity index (χ1v) is 8.86. The molecule has 0 saturated carbocycles. The quantitative estimate of drug-likeness (QED) is 0.563. The summed E-state index contributed by atoms with van der Waals surface area (Å²) in [5.74, 6) is -0.768. The zero-order chi connectivity index (χ0) is 20.1. The molecule has 0 fully saturated rings. The van der Waals surface area contributed by atoms with Crippen molar-refractivity contribution in [3.05, 3.63) is 53.1 Å². The number of anilines is 1. The molecule has 3 rings (SSSR count). The number of hydrogen-bond acceptors (Lipinski definition) is 6. The van der Waals surface area contributed by atoms with Crippen LogP contribution in [-0.4, -0.2) is 45.5 Å². The van der Waals surface area contributed by atoms with Crippen LogP contribution in [0.3, 0.4) is 0 Å². The standard InChI is InChI=1S/C21H21NO6/c1-26-17-10-9-15(12-23)19(20(17)27-2)21(25)28-13-18(24)22-11-5-7-14-6-3-4-8-16(14)22/h3-4,6,8-10,12H,5,7,11,13H2,1-2H3. The number of benzene rings is 2. The van der Waals surface area contributed by atoms with E-state index in [1.165, 1.54) is 26.4 Å². The summed E-state index contributed by atoms with van der Waals surface area (Å²) in [6.45, 7) is 0.126. The summed E-state index contributed by atoms with van der Waals surface area (Å²) in [7, 11) is 2.78. The highest BCUT2D eigenvalue weighted by Crippen LogP contribution is 2.33. The van der Waals surface area contributed by atoms with Crippen LogP contribution in [0, 0.1) is 0 Å². The van der Waals surface area contributed by atoms with Crippen LogP contribution in [0.1, 0.15) is 32.7 Å². The van der Waals surface area contributed by atoms with Crippen LogP contribution in [0.25, 0.3) is 0 Å². The molecule has 0 atom stereocenters. The highest BCUT2D eigenvalue weighted by Gasteiger charge is 2.26. The van der Waals surface area contributed by atoms with Gasteiger partial charge >= 0.3 is 5.97 Å². The summed E-state index contributed by atoms with van der Waals surface area (Å²) in [6, 6.07) is 10.6. The van der Waals surface area contributed by atoms with Crippen LogP contribution in [-0.2, 0) is 16.0 Å². The Bertz CT molecular complexity index is 908. The van der Waals surface area contributed by atoms with Gasteiger partial charge in [0.2, 0.25) is 0 Å². The monoisotopic (exact) mass is 383 g/mol. The largest absolute Gasteiger partial charge is 0.493 e. The average Bonchev–Trinajstić information content (AvgIpc) is 2.75. The summed E-state index contributed by atoms with van der Waals surface area (Å²) in [6.07, 6.45) is 2.28. The van der Waals surface area contributed by atoms with Crippen molar-refractivity contribution in [1.82, 2.24) is 0 Å². The molecule has 28 heavy (non-hydrogen) atoms. The van der Waals surface area contributed by atoms with Gasteiger partial charge < -0.3 is 19.1 Å². The van der Waals surface area contributed by atoms with Gasteiger partial charge in [-0.2, -0.15) is 0 Å². The van der Waals surface area contributed by atoms with Crippen LogP contribution in [0.5, 0.6) is 11.5 Å². The molecule has 0 aliphatic carbocycles. The number of amides is 1. The highest BCUT2D eigenvalue weighted by molar-refractivity contribution is 6.03. The Morgan fingerprint density at radius 1 is 1.11 bits per heavy atom. The Kier molecular flexibility index (Phi) is 5.93. The van der Waals surface area contributed by atoms with E-state index in [2.05, 4.69) is 0 Å². The average molecular weight is 383 g/mol. The van der Waals surface area contributed by atoms with Crippen LogP contribution in [0.4, 0.5) is 5.69 Å². The molecule has 0 unspecified atom stereocenters. The first-order valence-electron chi connectivity index (χ1n) is 8.86. The lowest BCUT2D eigenvalue weighted by molar-refractivity contribution is -0.121. The van der Waals surface area contributed by atoms with Gasteiger partial charge in [0.05, 0.1) is 14.2 Å². The molecule has 2 aromatic carbocycles. The lowest BCUT2D eigenvalue weighted by Crippen LogP contribution is -2.38. The molecule has 0 radical (unpaired) electrons. The van der Waals surface area contributed by atoms with E-state index in [0.717, 1.165) is 24.1 Å². The second-order valence-electron chi connectivity index (χ2n) is 6.24. The number of hydrogen-bond donors (Lipinski definition) is 0. The summed E-state index contributed by atoms with van der Waals surface area (Å²) in [5.41, 5.74) is 1.95. The second-order valence-corrected chi connectivity index (χ2v) is 6.24. The molecule has 0 aromatic heterocycles. The van der Waals surface area contributed by atoms with E-state index in [0.29, 0.717) is 12.8 Å². The molecule has 0 saturated heterocycles. The first-order chi connectivity index (χ1) is 13.6. The third-order valence-electron chi connectivity index (χ3n) is 4.65. The summed E-state index contributed by atoms with van der Waals surface area (Å²) in [4.78, 5) is 38.2. The van der Waals surface area contributed by atoms with Crippen LogP contribution < -0.4 is 14.4 Å². The molecule has 146 valence electrons. The zero-order valence-corrected chi connectivity index (χ0v) is 15.8. The van der Waals surface area contributed by atoms with Gasteiger partial charge in [0.25, 0.3) is 5.91 Å². The predicted molar refractivity (Wildman–Crippen MR) is 102 cm³/mol. The van der Waals surface area contributed by atoms with E-state index in [9.17, 15) is 14.4 Å². The number of methoxy groups -OCH3 is 2. The first kappa shape index (κ1) is 19.4. The molecule has 7 nitrogen and oxygen atoms in total. The fourth-order valence-corrected chi connectivity index (χ4v) is 3.32. The maximum absolute atomic E-state index is 12.7. The van der Waals surface area contributed by atoms with E-state index in [1.54, 1.807) is 4.90 Å². The van der Waals surface area contributed by atoms with Gasteiger partial charge in [-0.1, -0.05) is 18.2 Å². The fraction of sp³-hybridized carbons (Fsp3) is 0.286. The van der Waals surface area contributed by atoms with E-state index in [-0.39, 0.29) is 28.5 Å². The number of aryl methyl sites for hydroxylation is 1. The Labute approximate surface area is 162 Å². The smallest absolute Gasteiger partial charge is 0.343 e. The Morgan fingerprint density at radius 3 is 2.61 bits per heavy atom. The number of rotatable bonds is 6. The van der Waals surface area contributed by atoms with Crippen molar-refractivity contribution in [2.45, 2.75) is 12.8 Å². The number of carbonyl (C=O) groups is 3. The van der Waals surface area contributed by atoms with Crippen molar-refractivity contribution in [1.29, 1.82) is 0 Å². The van der Waals surface area contributed by atoms with E-state index >= 15 is 0 Å². The summed E-state index contributed by atoms with van der Waals surface area (Å²) in [5, 5.41) is 0. The summed E-state index contributed by atoms with van der Waals surface area (Å²) < 4.78 is 15.6. The minimum atomic E-state index is -0.823. The van der Waals surface area contributed by atoms with Crippen LogP contribution in [0.15, 0.2) is 36.4 Å². The van der Waals surface area contributed by atoms with Gasteiger partial charge in [-0.3, -0.25) is 9.59 Å². The topological polar surface area (TPSA) is 82.1 Å². The van der Waals surface area contributed by atoms with E-state index in [4.69, 9.17) is 14.2 Å². The van der Waals surface area contributed by atoms with Gasteiger partial charge in [-0.05, 0) is 36.6 Å². The molecule has 1 aliphatic heterocycles. The van der Waals surface area contributed by atoms with Gasteiger partial charge in [0, 0.05) is 17.8 Å². The van der Waals surface area contributed by atoms with Gasteiger partial charge in [-0.15, -0.1) is 0 Å². The molecule has 0 N–H and O–H groups in total. The van der Waals surface area contributed by atoms with Crippen LogP contribution >= 0.6 is 0 Å². The van der Waals surface area contributed by atoms with E-state index in [1.807, 2.05) is 24.3 Å². The van der Waals surface area contributed by atoms with Gasteiger partial charge in [0.15, 0.2) is 24.4 Å². The van der Waals surface area contributed by atoms with Crippen molar-refractivity contribution >= 4 is 23.9 Å². The van der Waals surface area contributed by atoms with Crippen molar-refractivity contribution in [2.24, 2.45) is 0 Å². The minimum Gasteiger partial charge on any atom is -0.493 e. The van der Waals surface area contributed by atoms with Crippen molar-refractivity contribution < 1.29 is 28.6 Å². The number of carbonyl (C=O) groups excluding carboxylic acids is 3. The SMILES string of the molecule is COc1ccc(C=O)c(C(=O)OCC(=O)N2CCCc3ccccc32)c1OC. The number of ether oxygens (including phenoxy) is 3. The number of nitrogens with zero attached hydrogens (tertiary/aromatic N) is 1. The second kappa shape index (κ2) is 8.56. The molecular formula is C21H21NO6. The molecule has 1 aliphatic rings. The van der Waals surface area contributed by atoms with Gasteiger partial charge in [0.1, 0.15) is 5.56 Å². The summed E-state index contributed by atoms with van der Waals surface area (Å²) >= 11 is 0. The van der Waals surface area contributed by atoms with Gasteiger partial charge in [-0.25, -0.2) is 4.79 Å².